The molecule has 0 atom stereocenters. The van der Waals surface area contributed by atoms with Gasteiger partial charge in [0.25, 0.3) is 6.43 Å². The molecule has 1 aromatic rings. The highest BCUT2D eigenvalue weighted by molar-refractivity contribution is 6.31. The molecule has 0 unspecified atom stereocenters. The summed E-state index contributed by atoms with van der Waals surface area (Å²) in [7, 11) is 0. The summed E-state index contributed by atoms with van der Waals surface area (Å²) in [5.41, 5.74) is 0.211. The zero-order valence-electron chi connectivity index (χ0n) is 7.97. The van der Waals surface area contributed by atoms with Gasteiger partial charge in [-0.15, -0.1) is 0 Å². The molecule has 0 bridgehead atoms. The third-order valence-electron chi connectivity index (χ3n) is 1.69. The van der Waals surface area contributed by atoms with Gasteiger partial charge in [0.2, 0.25) is 0 Å². The molecular formula is C10H9ClF2O2. The van der Waals surface area contributed by atoms with Crippen molar-refractivity contribution in [3.05, 3.63) is 28.8 Å². The van der Waals surface area contributed by atoms with Crippen LogP contribution >= 0.6 is 11.6 Å². The van der Waals surface area contributed by atoms with Crippen molar-refractivity contribution in [3.8, 4) is 5.75 Å². The first-order valence-corrected chi connectivity index (χ1v) is 4.60. The lowest BCUT2D eigenvalue weighted by Gasteiger charge is -2.09. The molecule has 0 amide bonds. The second-order valence-electron chi connectivity index (χ2n) is 2.90. The van der Waals surface area contributed by atoms with Gasteiger partial charge in [0, 0.05) is 5.02 Å². The zero-order valence-corrected chi connectivity index (χ0v) is 8.72. The Kier molecular flexibility index (Phi) is 4.03. The summed E-state index contributed by atoms with van der Waals surface area (Å²) in [5.74, 6) is -0.144. The Morgan fingerprint density at radius 1 is 1.53 bits per heavy atom. The Morgan fingerprint density at radius 2 is 2.20 bits per heavy atom. The predicted octanol–water partition coefficient (Wildman–Crippen LogP) is 3.19. The molecule has 82 valence electrons. The van der Waals surface area contributed by atoms with E-state index in [1.165, 1.54) is 25.1 Å². The first kappa shape index (κ1) is 11.9. The lowest BCUT2D eigenvalue weighted by Crippen LogP contribution is -2.09. The third-order valence-corrected chi connectivity index (χ3v) is 1.92. The first-order chi connectivity index (χ1) is 7.00. The molecule has 0 spiro atoms. The maximum absolute atomic E-state index is 11.9. The number of halogens is 3. The van der Waals surface area contributed by atoms with Gasteiger partial charge >= 0.3 is 0 Å². The Balaban J connectivity index is 2.91. The third kappa shape index (κ3) is 3.47. The molecule has 0 saturated heterocycles. The molecule has 5 heteroatoms. The van der Waals surface area contributed by atoms with Gasteiger partial charge in [0.15, 0.2) is 5.78 Å². The van der Waals surface area contributed by atoms with Crippen LogP contribution in [0.15, 0.2) is 18.2 Å². The molecule has 0 aliphatic rings. The van der Waals surface area contributed by atoms with Gasteiger partial charge in [-0.25, -0.2) is 8.78 Å². The number of carbonyl (C=O) groups is 1. The van der Waals surface area contributed by atoms with Gasteiger partial charge < -0.3 is 4.74 Å². The predicted molar refractivity (Wildman–Crippen MR) is 53.0 cm³/mol. The van der Waals surface area contributed by atoms with Gasteiger partial charge in [-0.2, -0.15) is 0 Å². The SMILES string of the molecule is CC(=O)c1cc(Cl)ccc1OCC(F)F. The Hall–Kier alpha value is -1.16. The summed E-state index contributed by atoms with van der Waals surface area (Å²) in [6.45, 7) is 0.586. The van der Waals surface area contributed by atoms with Crippen molar-refractivity contribution in [3.63, 3.8) is 0 Å². The fourth-order valence-electron chi connectivity index (χ4n) is 1.06. The lowest BCUT2D eigenvalue weighted by atomic mass is 10.1. The van der Waals surface area contributed by atoms with Crippen LogP contribution in [0.4, 0.5) is 8.78 Å². The molecule has 15 heavy (non-hydrogen) atoms. The van der Waals surface area contributed by atoms with E-state index in [4.69, 9.17) is 16.3 Å². The maximum atomic E-state index is 11.9. The number of hydrogen-bond acceptors (Lipinski definition) is 2. The first-order valence-electron chi connectivity index (χ1n) is 4.22. The van der Waals surface area contributed by atoms with Crippen molar-refractivity contribution in [1.82, 2.24) is 0 Å². The van der Waals surface area contributed by atoms with Crippen LogP contribution < -0.4 is 4.74 Å². The van der Waals surface area contributed by atoms with Crippen LogP contribution in [-0.2, 0) is 0 Å². The summed E-state index contributed by atoms with van der Waals surface area (Å²) in [6, 6.07) is 4.28. The second-order valence-corrected chi connectivity index (χ2v) is 3.34. The molecule has 2 nitrogen and oxygen atoms in total. The van der Waals surface area contributed by atoms with Crippen molar-refractivity contribution < 1.29 is 18.3 Å². The number of alkyl halides is 2. The summed E-state index contributed by atoms with van der Waals surface area (Å²) in [4.78, 5) is 11.1. The molecule has 1 aromatic carbocycles. The van der Waals surface area contributed by atoms with E-state index in [9.17, 15) is 13.6 Å². The van der Waals surface area contributed by atoms with Crippen LogP contribution in [0.3, 0.4) is 0 Å². The topological polar surface area (TPSA) is 26.3 Å². The van der Waals surface area contributed by atoms with E-state index >= 15 is 0 Å². The van der Waals surface area contributed by atoms with Crippen LogP contribution in [0.5, 0.6) is 5.75 Å². The number of ether oxygens (including phenoxy) is 1. The van der Waals surface area contributed by atoms with Gasteiger partial charge in [-0.1, -0.05) is 11.6 Å². The fraction of sp³-hybridized carbons (Fsp3) is 0.300. The van der Waals surface area contributed by atoms with Gasteiger partial charge in [-0.3, -0.25) is 4.79 Å². The van der Waals surface area contributed by atoms with Gasteiger partial charge in [-0.05, 0) is 25.1 Å². The van der Waals surface area contributed by atoms with Crippen molar-refractivity contribution in [2.45, 2.75) is 13.3 Å². The summed E-state index contributed by atoms with van der Waals surface area (Å²) < 4.78 is 28.6. The molecule has 0 aromatic heterocycles. The summed E-state index contributed by atoms with van der Waals surface area (Å²) in [6.07, 6.45) is -2.57. The molecule has 0 aliphatic heterocycles. The van der Waals surface area contributed by atoms with Crippen LogP contribution in [0, 0.1) is 0 Å². The average molecular weight is 235 g/mol. The van der Waals surface area contributed by atoms with Gasteiger partial charge in [0.05, 0.1) is 5.56 Å². The van der Waals surface area contributed by atoms with Crippen molar-refractivity contribution >= 4 is 17.4 Å². The van der Waals surface area contributed by atoms with E-state index in [0.717, 1.165) is 0 Å². The minimum Gasteiger partial charge on any atom is -0.487 e. The lowest BCUT2D eigenvalue weighted by molar-refractivity contribution is 0.0802. The maximum Gasteiger partial charge on any atom is 0.272 e. The normalized spacial score (nSPS) is 10.5. The number of benzene rings is 1. The van der Waals surface area contributed by atoms with Crippen LogP contribution in [0.1, 0.15) is 17.3 Å². The number of ketones is 1. The number of hydrogen-bond donors (Lipinski definition) is 0. The summed E-state index contributed by atoms with van der Waals surface area (Å²) in [5, 5.41) is 0.365. The molecular weight excluding hydrogens is 226 g/mol. The highest BCUT2D eigenvalue weighted by Crippen LogP contribution is 2.23. The quantitative estimate of drug-likeness (QED) is 0.748. The molecule has 0 radical (unpaired) electrons. The molecule has 0 aliphatic carbocycles. The molecule has 0 saturated carbocycles. The number of rotatable bonds is 4. The van der Waals surface area contributed by atoms with E-state index in [-0.39, 0.29) is 17.1 Å². The van der Waals surface area contributed by atoms with E-state index in [0.29, 0.717) is 5.02 Å². The van der Waals surface area contributed by atoms with Crippen LogP contribution in [-0.4, -0.2) is 18.8 Å². The highest BCUT2D eigenvalue weighted by Gasteiger charge is 2.11. The van der Waals surface area contributed by atoms with Crippen molar-refractivity contribution in [2.24, 2.45) is 0 Å². The molecule has 0 fully saturated rings. The Bertz CT molecular complexity index is 366. The number of carbonyl (C=O) groups excluding carboxylic acids is 1. The zero-order chi connectivity index (χ0) is 11.4. The molecule has 0 heterocycles. The van der Waals surface area contributed by atoms with Crippen molar-refractivity contribution in [2.75, 3.05) is 6.61 Å². The molecule has 0 N–H and O–H groups in total. The number of Topliss-reactive ketones (excluding diaryl/α,β-unsaturated/α-hetero) is 1. The standard InChI is InChI=1S/C10H9ClF2O2/c1-6(14)8-4-7(11)2-3-9(8)15-5-10(12)13/h2-4,10H,5H2,1H3. The smallest absolute Gasteiger partial charge is 0.272 e. The highest BCUT2D eigenvalue weighted by atomic mass is 35.5. The van der Waals surface area contributed by atoms with Gasteiger partial charge in [0.1, 0.15) is 12.4 Å². The minimum absolute atomic E-state index is 0.132. The Labute approximate surface area is 90.8 Å². The average Bonchev–Trinajstić information content (AvgIpc) is 2.15. The fourth-order valence-corrected chi connectivity index (χ4v) is 1.23. The monoisotopic (exact) mass is 234 g/mol. The second kappa shape index (κ2) is 5.07. The van der Waals surface area contributed by atoms with E-state index < -0.39 is 13.0 Å². The molecule has 1 rings (SSSR count). The van der Waals surface area contributed by atoms with E-state index in [1.807, 2.05) is 0 Å². The minimum atomic E-state index is -2.57. The van der Waals surface area contributed by atoms with Crippen LogP contribution in [0.2, 0.25) is 5.02 Å². The largest absolute Gasteiger partial charge is 0.487 e. The van der Waals surface area contributed by atoms with Crippen molar-refractivity contribution in [1.29, 1.82) is 0 Å². The van der Waals surface area contributed by atoms with E-state index in [2.05, 4.69) is 0 Å². The van der Waals surface area contributed by atoms with E-state index in [1.54, 1.807) is 0 Å². The summed E-state index contributed by atoms with van der Waals surface area (Å²) >= 11 is 5.67. The Morgan fingerprint density at radius 3 is 2.73 bits per heavy atom. The van der Waals surface area contributed by atoms with Crippen LogP contribution in [0.25, 0.3) is 0 Å².